The number of hydrogen-bond acceptors (Lipinski definition) is 4. The fourth-order valence-corrected chi connectivity index (χ4v) is 2.83. The van der Waals surface area contributed by atoms with E-state index in [9.17, 15) is 0 Å². The van der Waals surface area contributed by atoms with E-state index < -0.39 is 0 Å². The van der Waals surface area contributed by atoms with Crippen LogP contribution < -0.4 is 0 Å². The topological polar surface area (TPSA) is 57.8 Å². The van der Waals surface area contributed by atoms with E-state index in [4.69, 9.17) is 4.74 Å². The first-order chi connectivity index (χ1) is 11.4. The molecule has 0 bridgehead atoms. The Labute approximate surface area is 134 Å². The molecule has 6 heteroatoms. The minimum atomic E-state index is 0.407. The molecular formula is C17H19N5O. The van der Waals surface area contributed by atoms with Gasteiger partial charge in [0.15, 0.2) is 0 Å². The van der Waals surface area contributed by atoms with E-state index in [1.807, 2.05) is 52.1 Å². The normalized spacial score (nSPS) is 17.7. The standard InChI is InChI=1S/C17H19N5O/c1-2-4-16(5-3-1)22-11-14(10-18-22)6-8-21-12-17(19-20-21)15-7-9-23-13-15/h1-5,10-12,15H,6-9,13H2/t15-/m1/s1. The number of hydrogen-bond donors (Lipinski definition) is 0. The average molecular weight is 309 g/mol. The molecule has 0 aliphatic carbocycles. The molecule has 23 heavy (non-hydrogen) atoms. The van der Waals surface area contributed by atoms with Crippen LogP contribution in [0.1, 0.15) is 23.6 Å². The Bertz CT molecular complexity index is 758. The fraction of sp³-hybridized carbons (Fsp3) is 0.353. The highest BCUT2D eigenvalue weighted by atomic mass is 16.5. The van der Waals surface area contributed by atoms with Crippen LogP contribution >= 0.6 is 0 Å². The van der Waals surface area contributed by atoms with Crippen LogP contribution in [-0.2, 0) is 17.7 Å². The largest absolute Gasteiger partial charge is 0.381 e. The van der Waals surface area contributed by atoms with Gasteiger partial charge in [-0.1, -0.05) is 23.4 Å². The van der Waals surface area contributed by atoms with Crippen LogP contribution in [-0.4, -0.2) is 38.0 Å². The maximum atomic E-state index is 5.41. The van der Waals surface area contributed by atoms with Gasteiger partial charge in [-0.15, -0.1) is 5.10 Å². The maximum Gasteiger partial charge on any atom is 0.0881 e. The number of aromatic nitrogens is 5. The number of aryl methyl sites for hydroxylation is 2. The van der Waals surface area contributed by atoms with Crippen molar-refractivity contribution in [2.45, 2.75) is 25.3 Å². The minimum absolute atomic E-state index is 0.407. The zero-order valence-corrected chi connectivity index (χ0v) is 12.9. The highest BCUT2D eigenvalue weighted by Crippen LogP contribution is 2.22. The number of nitrogens with zero attached hydrogens (tertiary/aromatic N) is 5. The van der Waals surface area contributed by atoms with E-state index in [-0.39, 0.29) is 0 Å². The predicted molar refractivity (Wildman–Crippen MR) is 85.5 cm³/mol. The highest BCUT2D eigenvalue weighted by molar-refractivity contribution is 5.30. The number of ether oxygens (including phenoxy) is 1. The van der Waals surface area contributed by atoms with Crippen LogP contribution in [0.15, 0.2) is 48.9 Å². The van der Waals surface area contributed by atoms with Crippen molar-refractivity contribution < 1.29 is 4.74 Å². The van der Waals surface area contributed by atoms with Gasteiger partial charge in [-0.05, 0) is 30.5 Å². The number of para-hydroxylation sites is 1. The van der Waals surface area contributed by atoms with Gasteiger partial charge in [0.2, 0.25) is 0 Å². The third-order valence-electron chi connectivity index (χ3n) is 4.19. The molecule has 3 heterocycles. The quantitative estimate of drug-likeness (QED) is 0.725. The molecule has 0 amide bonds. The lowest BCUT2D eigenvalue weighted by atomic mass is 10.1. The molecular weight excluding hydrogens is 290 g/mol. The molecule has 1 aliphatic rings. The van der Waals surface area contributed by atoms with Crippen LogP contribution in [0.5, 0.6) is 0 Å². The summed E-state index contributed by atoms with van der Waals surface area (Å²) in [6.45, 7) is 2.40. The Morgan fingerprint density at radius 2 is 2.09 bits per heavy atom. The predicted octanol–water partition coefficient (Wildman–Crippen LogP) is 2.21. The molecule has 1 aromatic carbocycles. The number of rotatable bonds is 5. The van der Waals surface area contributed by atoms with Crippen molar-refractivity contribution >= 4 is 0 Å². The van der Waals surface area contributed by atoms with Gasteiger partial charge < -0.3 is 4.74 Å². The van der Waals surface area contributed by atoms with Crippen molar-refractivity contribution in [3.05, 3.63) is 60.2 Å². The van der Waals surface area contributed by atoms with Gasteiger partial charge in [-0.2, -0.15) is 5.10 Å². The monoisotopic (exact) mass is 309 g/mol. The molecule has 1 atom stereocenters. The second kappa shape index (κ2) is 6.34. The highest BCUT2D eigenvalue weighted by Gasteiger charge is 2.20. The molecule has 0 spiro atoms. The summed E-state index contributed by atoms with van der Waals surface area (Å²) in [6, 6.07) is 10.1. The van der Waals surface area contributed by atoms with E-state index in [0.717, 1.165) is 44.0 Å². The van der Waals surface area contributed by atoms with Crippen molar-refractivity contribution in [3.63, 3.8) is 0 Å². The van der Waals surface area contributed by atoms with Gasteiger partial charge in [0, 0.05) is 31.5 Å². The van der Waals surface area contributed by atoms with Crippen molar-refractivity contribution in [2.75, 3.05) is 13.2 Å². The number of benzene rings is 1. The summed E-state index contributed by atoms with van der Waals surface area (Å²) in [4.78, 5) is 0. The lowest BCUT2D eigenvalue weighted by Gasteiger charge is -2.01. The molecule has 1 aliphatic heterocycles. The summed E-state index contributed by atoms with van der Waals surface area (Å²) in [5.74, 6) is 0.407. The van der Waals surface area contributed by atoms with Crippen molar-refractivity contribution in [2.24, 2.45) is 0 Å². The van der Waals surface area contributed by atoms with Gasteiger partial charge in [0.25, 0.3) is 0 Å². The molecule has 6 nitrogen and oxygen atoms in total. The Kier molecular flexibility index (Phi) is 3.90. The lowest BCUT2D eigenvalue weighted by molar-refractivity contribution is 0.193. The lowest BCUT2D eigenvalue weighted by Crippen LogP contribution is -2.02. The zero-order valence-electron chi connectivity index (χ0n) is 12.9. The van der Waals surface area contributed by atoms with Crippen LogP contribution in [0.25, 0.3) is 5.69 Å². The Balaban J connectivity index is 1.39. The van der Waals surface area contributed by atoms with Gasteiger partial charge in [-0.3, -0.25) is 4.68 Å². The van der Waals surface area contributed by atoms with Gasteiger partial charge in [-0.25, -0.2) is 4.68 Å². The third kappa shape index (κ3) is 3.17. The third-order valence-corrected chi connectivity index (χ3v) is 4.19. The summed E-state index contributed by atoms with van der Waals surface area (Å²) < 4.78 is 9.22. The minimum Gasteiger partial charge on any atom is -0.381 e. The van der Waals surface area contributed by atoms with Crippen LogP contribution in [0, 0.1) is 0 Å². The summed E-state index contributed by atoms with van der Waals surface area (Å²) in [5, 5.41) is 12.9. The summed E-state index contributed by atoms with van der Waals surface area (Å²) >= 11 is 0. The first-order valence-corrected chi connectivity index (χ1v) is 7.95. The van der Waals surface area contributed by atoms with Crippen LogP contribution in [0.2, 0.25) is 0 Å². The SMILES string of the molecule is c1ccc(-n2cc(CCn3cc([C@@H]4CCOC4)nn3)cn2)cc1. The second-order valence-electron chi connectivity index (χ2n) is 5.85. The molecule has 0 saturated carbocycles. The summed E-state index contributed by atoms with van der Waals surface area (Å²) in [7, 11) is 0. The maximum absolute atomic E-state index is 5.41. The Hall–Kier alpha value is -2.47. The molecule has 118 valence electrons. The smallest absolute Gasteiger partial charge is 0.0881 e. The first-order valence-electron chi connectivity index (χ1n) is 7.95. The Morgan fingerprint density at radius 3 is 2.91 bits per heavy atom. The molecule has 0 unspecified atom stereocenters. The van der Waals surface area contributed by atoms with Crippen molar-refractivity contribution in [1.82, 2.24) is 24.8 Å². The molecule has 0 N–H and O–H groups in total. The van der Waals surface area contributed by atoms with Gasteiger partial charge in [0.05, 0.1) is 24.2 Å². The van der Waals surface area contributed by atoms with E-state index in [1.54, 1.807) is 0 Å². The van der Waals surface area contributed by atoms with Gasteiger partial charge in [0.1, 0.15) is 0 Å². The fourth-order valence-electron chi connectivity index (χ4n) is 2.83. The van der Waals surface area contributed by atoms with Gasteiger partial charge >= 0.3 is 0 Å². The summed E-state index contributed by atoms with van der Waals surface area (Å²) in [5.41, 5.74) is 3.31. The molecule has 1 saturated heterocycles. The molecule has 4 rings (SSSR count). The van der Waals surface area contributed by atoms with E-state index in [0.29, 0.717) is 5.92 Å². The zero-order chi connectivity index (χ0) is 15.5. The molecule has 1 fully saturated rings. The average Bonchev–Trinajstić information content (AvgIpc) is 3.33. The molecule has 0 radical (unpaired) electrons. The summed E-state index contributed by atoms with van der Waals surface area (Å²) in [6.07, 6.45) is 7.95. The Morgan fingerprint density at radius 1 is 1.17 bits per heavy atom. The van der Waals surface area contributed by atoms with E-state index in [1.165, 1.54) is 5.56 Å². The van der Waals surface area contributed by atoms with Crippen molar-refractivity contribution in [1.29, 1.82) is 0 Å². The van der Waals surface area contributed by atoms with E-state index >= 15 is 0 Å². The van der Waals surface area contributed by atoms with E-state index in [2.05, 4.69) is 21.6 Å². The first kappa shape index (κ1) is 14.1. The molecule has 2 aromatic heterocycles. The van der Waals surface area contributed by atoms with Crippen molar-refractivity contribution in [3.8, 4) is 5.69 Å². The second-order valence-corrected chi connectivity index (χ2v) is 5.85. The van der Waals surface area contributed by atoms with Crippen LogP contribution in [0.3, 0.4) is 0 Å². The van der Waals surface area contributed by atoms with Crippen LogP contribution in [0.4, 0.5) is 0 Å². The molecule has 3 aromatic rings.